The Kier molecular flexibility index (Phi) is 2.50. The van der Waals surface area contributed by atoms with E-state index < -0.39 is 18.1 Å². The number of halogens is 1. The molecule has 2 aromatic heterocycles. The molecule has 0 aliphatic heterocycles. The first kappa shape index (κ1) is 11.1. The van der Waals surface area contributed by atoms with Gasteiger partial charge in [0.1, 0.15) is 0 Å². The molecule has 0 radical (unpaired) electrons. The van der Waals surface area contributed by atoms with E-state index in [9.17, 15) is 9.18 Å². The number of nitrogens with one attached hydrogen (secondary N) is 1. The molecule has 1 aliphatic carbocycles. The van der Waals surface area contributed by atoms with Crippen LogP contribution in [0.5, 0.6) is 0 Å². The molecular weight excluding hydrogens is 237 g/mol. The number of alkyl halides is 1. The molecule has 18 heavy (non-hydrogen) atoms. The molecule has 0 atom stereocenters. The van der Waals surface area contributed by atoms with Gasteiger partial charge in [0, 0.05) is 5.41 Å². The number of aromatic amines is 1. The summed E-state index contributed by atoms with van der Waals surface area (Å²) in [5.41, 5.74) is 1.00. The second kappa shape index (κ2) is 4.04. The Morgan fingerprint density at radius 2 is 2.33 bits per heavy atom. The minimum atomic E-state index is -0.528. The zero-order chi connectivity index (χ0) is 12.6. The lowest BCUT2D eigenvalue weighted by Crippen LogP contribution is -2.17. The van der Waals surface area contributed by atoms with Crippen LogP contribution >= 0.6 is 0 Å². The second-order valence-electron chi connectivity index (χ2n) is 4.68. The number of pyridine rings is 1. The molecule has 0 aromatic carbocycles. The minimum absolute atomic E-state index is 0.128. The lowest BCUT2D eigenvalue weighted by molar-refractivity contribution is 0.0387. The van der Waals surface area contributed by atoms with Crippen LogP contribution < -0.4 is 0 Å². The lowest BCUT2D eigenvalue weighted by Gasteiger charge is -2.10. The van der Waals surface area contributed by atoms with Crippen molar-refractivity contribution in [3.05, 3.63) is 24.2 Å². The number of H-pyrrole nitrogens is 1. The molecule has 0 spiro atoms. The van der Waals surface area contributed by atoms with Gasteiger partial charge in [-0.2, -0.15) is 0 Å². The number of carbonyl (C=O) groups is 1. The highest BCUT2D eigenvalue weighted by atomic mass is 19.1. The number of imidazole rings is 1. The predicted octanol–water partition coefficient (Wildman–Crippen LogP) is 1.86. The molecular formula is C12H12FN3O2. The smallest absolute Gasteiger partial charge is 0.357 e. The Hall–Kier alpha value is -1.98. The van der Waals surface area contributed by atoms with E-state index in [1.807, 2.05) is 0 Å². The average molecular weight is 249 g/mol. The standard InChI is InChI=1S/C12H12FN3O2/c13-5-12(3-4-12)6-18-11(17)9-2-1-8-10(16-9)15-7-14-8/h1-2,7H,3-6H2,(H,14,15,16). The molecule has 5 nitrogen and oxygen atoms in total. The first-order valence-corrected chi connectivity index (χ1v) is 5.76. The minimum Gasteiger partial charge on any atom is -0.460 e. The number of fused-ring (bicyclic) bond motifs is 1. The molecule has 2 aromatic rings. The average Bonchev–Trinajstić information content (AvgIpc) is 3.04. The first-order valence-electron chi connectivity index (χ1n) is 5.76. The molecule has 1 saturated carbocycles. The number of nitrogens with zero attached hydrogens (tertiary/aromatic N) is 2. The molecule has 1 N–H and O–H groups in total. The van der Waals surface area contributed by atoms with E-state index >= 15 is 0 Å². The van der Waals surface area contributed by atoms with Crippen LogP contribution in [0.3, 0.4) is 0 Å². The highest BCUT2D eigenvalue weighted by Gasteiger charge is 2.44. The lowest BCUT2D eigenvalue weighted by atomic mass is 10.1. The summed E-state index contributed by atoms with van der Waals surface area (Å²) < 4.78 is 17.7. The number of hydrogen-bond acceptors (Lipinski definition) is 4. The van der Waals surface area contributed by atoms with Gasteiger partial charge in [-0.15, -0.1) is 0 Å². The Morgan fingerprint density at radius 3 is 3.06 bits per heavy atom. The van der Waals surface area contributed by atoms with Crippen LogP contribution in [0.1, 0.15) is 23.3 Å². The molecule has 2 heterocycles. The summed E-state index contributed by atoms with van der Waals surface area (Å²) in [7, 11) is 0. The quantitative estimate of drug-likeness (QED) is 0.840. The fourth-order valence-electron chi connectivity index (χ4n) is 1.72. The molecule has 1 fully saturated rings. The molecule has 0 amide bonds. The third-order valence-corrected chi connectivity index (χ3v) is 3.24. The zero-order valence-corrected chi connectivity index (χ0v) is 9.65. The van der Waals surface area contributed by atoms with E-state index in [1.54, 1.807) is 12.1 Å². The predicted molar refractivity (Wildman–Crippen MR) is 61.8 cm³/mol. The van der Waals surface area contributed by atoms with E-state index in [0.29, 0.717) is 5.65 Å². The molecule has 0 unspecified atom stereocenters. The fourth-order valence-corrected chi connectivity index (χ4v) is 1.72. The number of hydrogen-bond donors (Lipinski definition) is 1. The van der Waals surface area contributed by atoms with Crippen LogP contribution in [-0.4, -0.2) is 34.2 Å². The van der Waals surface area contributed by atoms with Crippen LogP contribution in [0, 0.1) is 5.41 Å². The number of carbonyl (C=O) groups excluding carboxylic acids is 1. The maximum atomic E-state index is 12.6. The normalized spacial score (nSPS) is 16.7. The molecule has 0 bridgehead atoms. The van der Waals surface area contributed by atoms with Gasteiger partial charge < -0.3 is 9.72 Å². The van der Waals surface area contributed by atoms with Gasteiger partial charge in [-0.05, 0) is 25.0 Å². The number of ether oxygens (including phenoxy) is 1. The topological polar surface area (TPSA) is 67.9 Å². The summed E-state index contributed by atoms with van der Waals surface area (Å²) in [4.78, 5) is 22.7. The summed E-state index contributed by atoms with van der Waals surface area (Å²) in [6.45, 7) is -0.311. The van der Waals surface area contributed by atoms with Gasteiger partial charge >= 0.3 is 5.97 Å². The van der Waals surface area contributed by atoms with Crippen molar-refractivity contribution in [2.24, 2.45) is 5.41 Å². The van der Waals surface area contributed by atoms with Gasteiger partial charge in [0.05, 0.1) is 25.1 Å². The maximum absolute atomic E-state index is 12.6. The van der Waals surface area contributed by atoms with E-state index in [1.165, 1.54) is 6.33 Å². The fraction of sp³-hybridized carbons (Fsp3) is 0.417. The summed E-state index contributed by atoms with van der Waals surface area (Å²) in [6, 6.07) is 3.28. The molecule has 94 valence electrons. The largest absolute Gasteiger partial charge is 0.460 e. The third-order valence-electron chi connectivity index (χ3n) is 3.24. The molecule has 1 aliphatic rings. The monoisotopic (exact) mass is 249 g/mol. The first-order chi connectivity index (χ1) is 8.72. The van der Waals surface area contributed by atoms with Crippen molar-refractivity contribution in [2.45, 2.75) is 12.8 Å². The summed E-state index contributed by atoms with van der Waals surface area (Å²) in [5, 5.41) is 0. The zero-order valence-electron chi connectivity index (χ0n) is 9.65. The van der Waals surface area contributed by atoms with Gasteiger partial charge in [-0.3, -0.25) is 4.39 Å². The van der Waals surface area contributed by atoms with Gasteiger partial charge in [0.2, 0.25) is 0 Å². The van der Waals surface area contributed by atoms with E-state index in [-0.39, 0.29) is 12.3 Å². The summed E-state index contributed by atoms with van der Waals surface area (Å²) >= 11 is 0. The molecule has 6 heteroatoms. The Balaban J connectivity index is 1.71. The second-order valence-corrected chi connectivity index (χ2v) is 4.68. The van der Waals surface area contributed by atoms with E-state index in [0.717, 1.165) is 18.4 Å². The van der Waals surface area contributed by atoms with Crippen molar-refractivity contribution in [3.63, 3.8) is 0 Å². The Bertz CT molecular complexity index is 592. The van der Waals surface area contributed by atoms with Crippen LogP contribution in [0.4, 0.5) is 4.39 Å². The van der Waals surface area contributed by atoms with Gasteiger partial charge in [-0.25, -0.2) is 14.8 Å². The molecule has 3 rings (SSSR count). The van der Waals surface area contributed by atoms with Crippen molar-refractivity contribution in [3.8, 4) is 0 Å². The Morgan fingerprint density at radius 1 is 1.50 bits per heavy atom. The van der Waals surface area contributed by atoms with E-state index in [2.05, 4.69) is 15.0 Å². The number of esters is 1. The van der Waals surface area contributed by atoms with Crippen molar-refractivity contribution in [2.75, 3.05) is 13.3 Å². The Labute approximate surface area is 102 Å². The highest BCUT2D eigenvalue weighted by molar-refractivity contribution is 5.89. The number of aromatic nitrogens is 3. The van der Waals surface area contributed by atoms with Crippen LogP contribution in [0.15, 0.2) is 18.5 Å². The van der Waals surface area contributed by atoms with Crippen molar-refractivity contribution in [1.29, 1.82) is 0 Å². The van der Waals surface area contributed by atoms with Crippen LogP contribution in [-0.2, 0) is 4.74 Å². The van der Waals surface area contributed by atoms with Crippen LogP contribution in [0.25, 0.3) is 11.2 Å². The molecule has 0 saturated heterocycles. The highest BCUT2D eigenvalue weighted by Crippen LogP contribution is 2.46. The number of rotatable bonds is 4. The summed E-state index contributed by atoms with van der Waals surface area (Å²) in [6.07, 6.45) is 3.07. The van der Waals surface area contributed by atoms with Crippen molar-refractivity contribution < 1.29 is 13.9 Å². The SMILES string of the molecule is O=C(OCC1(CF)CC1)c1ccc2[nH]cnc2n1. The van der Waals surface area contributed by atoms with E-state index in [4.69, 9.17) is 4.74 Å². The summed E-state index contributed by atoms with van der Waals surface area (Å²) in [5.74, 6) is -0.528. The van der Waals surface area contributed by atoms with Crippen molar-refractivity contribution >= 4 is 17.1 Å². The van der Waals surface area contributed by atoms with Gasteiger partial charge in [-0.1, -0.05) is 0 Å². The van der Waals surface area contributed by atoms with Gasteiger partial charge in [0.15, 0.2) is 11.3 Å². The van der Waals surface area contributed by atoms with Crippen molar-refractivity contribution in [1.82, 2.24) is 15.0 Å². The van der Waals surface area contributed by atoms with Crippen LogP contribution in [0.2, 0.25) is 0 Å². The maximum Gasteiger partial charge on any atom is 0.357 e. The van der Waals surface area contributed by atoms with Gasteiger partial charge in [0.25, 0.3) is 0 Å². The third kappa shape index (κ3) is 1.94.